The largest absolute Gasteiger partial charge is 0.327 e. The zero-order valence-electron chi connectivity index (χ0n) is 16.3. The number of rotatable bonds is 16. The van der Waals surface area contributed by atoms with Crippen molar-refractivity contribution >= 4 is 9.84 Å². The van der Waals surface area contributed by atoms with Crippen LogP contribution >= 0.6 is 0 Å². The van der Waals surface area contributed by atoms with E-state index in [1.54, 1.807) is 6.92 Å². The Kier molecular flexibility index (Phi) is 13.0. The van der Waals surface area contributed by atoms with Gasteiger partial charge in [-0.05, 0) is 27.2 Å². The van der Waals surface area contributed by atoms with Crippen LogP contribution in [0.3, 0.4) is 0 Å². The van der Waals surface area contributed by atoms with Gasteiger partial charge in [0.1, 0.15) is 5.25 Å². The fourth-order valence-electron chi connectivity index (χ4n) is 2.89. The van der Waals surface area contributed by atoms with Crippen molar-refractivity contribution in [1.29, 1.82) is 0 Å². The molecule has 0 saturated carbocycles. The Bertz CT molecular complexity index is 377. The first-order valence-electron chi connectivity index (χ1n) is 9.57. The van der Waals surface area contributed by atoms with Gasteiger partial charge in [0.15, 0.2) is 9.84 Å². The Morgan fingerprint density at radius 2 is 1.21 bits per heavy atom. The number of unbranched alkanes of at least 4 members (excludes halogenated alkanes) is 5. The van der Waals surface area contributed by atoms with Gasteiger partial charge in [-0.3, -0.25) is 0 Å². The highest BCUT2D eigenvalue weighted by molar-refractivity contribution is 7.92. The Labute approximate surface area is 149 Å². The number of hydrogen-bond acceptors (Lipinski definition) is 5. The van der Waals surface area contributed by atoms with Crippen LogP contribution in [0.4, 0.5) is 0 Å². The van der Waals surface area contributed by atoms with E-state index < -0.39 is 21.1 Å². The summed E-state index contributed by atoms with van der Waals surface area (Å²) in [5, 5.41) is -0.791. The van der Waals surface area contributed by atoms with E-state index in [2.05, 4.69) is 6.92 Å². The maximum atomic E-state index is 12.7. The topological polar surface area (TPSA) is 61.8 Å². The van der Waals surface area contributed by atoms with Gasteiger partial charge < -0.3 is 14.2 Å². The van der Waals surface area contributed by atoms with Crippen LogP contribution in [0.2, 0.25) is 0 Å². The molecule has 0 aromatic heterocycles. The van der Waals surface area contributed by atoms with Crippen LogP contribution in [0.25, 0.3) is 0 Å². The molecular formula is C18H38O5S. The third-order valence-corrected chi connectivity index (χ3v) is 6.28. The quantitative estimate of drug-likeness (QED) is 0.301. The summed E-state index contributed by atoms with van der Waals surface area (Å²) in [6.45, 7) is 10.3. The summed E-state index contributed by atoms with van der Waals surface area (Å²) < 4.78 is 42.6. The van der Waals surface area contributed by atoms with E-state index in [-0.39, 0.29) is 5.75 Å². The van der Waals surface area contributed by atoms with Crippen LogP contribution in [-0.4, -0.2) is 45.2 Å². The number of ether oxygens (including phenoxy) is 3. The van der Waals surface area contributed by atoms with Crippen molar-refractivity contribution in [2.75, 3.05) is 25.6 Å². The molecule has 0 aromatic rings. The fourth-order valence-corrected chi connectivity index (χ4v) is 4.47. The van der Waals surface area contributed by atoms with Crippen molar-refractivity contribution in [3.63, 3.8) is 0 Å². The monoisotopic (exact) mass is 366 g/mol. The first-order valence-corrected chi connectivity index (χ1v) is 11.3. The molecule has 0 radical (unpaired) electrons. The molecule has 146 valence electrons. The van der Waals surface area contributed by atoms with Gasteiger partial charge in [0, 0.05) is 25.6 Å². The number of sulfone groups is 1. The molecule has 0 rings (SSSR count). The van der Waals surface area contributed by atoms with Crippen LogP contribution in [0.1, 0.15) is 79.6 Å². The highest BCUT2D eigenvalue weighted by Gasteiger charge is 2.48. The molecule has 0 bridgehead atoms. The summed E-state index contributed by atoms with van der Waals surface area (Å²) in [6, 6.07) is 0. The maximum absolute atomic E-state index is 12.7. The highest BCUT2D eigenvalue weighted by atomic mass is 32.2. The lowest BCUT2D eigenvalue weighted by atomic mass is 10.1. The molecule has 0 aliphatic heterocycles. The SMILES string of the molecule is CCCCCCCCC(C(OCC)(OCC)OCC)S(=O)(=O)CC. The normalized spacial score (nSPS) is 14.0. The average molecular weight is 367 g/mol. The molecule has 6 heteroatoms. The van der Waals surface area contributed by atoms with Crippen molar-refractivity contribution in [2.45, 2.75) is 90.8 Å². The second kappa shape index (κ2) is 13.1. The van der Waals surface area contributed by atoms with Crippen molar-refractivity contribution in [3.05, 3.63) is 0 Å². The third kappa shape index (κ3) is 7.81. The van der Waals surface area contributed by atoms with Crippen molar-refractivity contribution in [2.24, 2.45) is 0 Å². The van der Waals surface area contributed by atoms with Gasteiger partial charge in [-0.1, -0.05) is 52.4 Å². The van der Waals surface area contributed by atoms with Crippen LogP contribution in [-0.2, 0) is 24.0 Å². The van der Waals surface area contributed by atoms with Gasteiger partial charge in [-0.15, -0.1) is 0 Å². The van der Waals surface area contributed by atoms with E-state index in [4.69, 9.17) is 14.2 Å². The minimum absolute atomic E-state index is 0.0580. The van der Waals surface area contributed by atoms with Crippen molar-refractivity contribution < 1.29 is 22.6 Å². The summed E-state index contributed by atoms with van der Waals surface area (Å²) >= 11 is 0. The minimum atomic E-state index is -3.36. The Morgan fingerprint density at radius 1 is 0.750 bits per heavy atom. The maximum Gasteiger partial charge on any atom is 0.300 e. The predicted molar refractivity (Wildman–Crippen MR) is 98.9 cm³/mol. The van der Waals surface area contributed by atoms with Crippen LogP contribution in [0.5, 0.6) is 0 Å². The molecule has 0 aliphatic carbocycles. The number of hydrogen-bond donors (Lipinski definition) is 0. The first-order chi connectivity index (χ1) is 11.4. The lowest BCUT2D eigenvalue weighted by Crippen LogP contribution is -2.54. The zero-order chi connectivity index (χ0) is 18.5. The smallest absolute Gasteiger partial charge is 0.300 e. The molecule has 5 nitrogen and oxygen atoms in total. The molecule has 0 amide bonds. The molecule has 0 N–H and O–H groups in total. The van der Waals surface area contributed by atoms with Gasteiger partial charge >= 0.3 is 5.97 Å². The lowest BCUT2D eigenvalue weighted by Gasteiger charge is -2.38. The Hall–Kier alpha value is -0.170. The van der Waals surface area contributed by atoms with Gasteiger partial charge in [0.05, 0.1) is 0 Å². The van der Waals surface area contributed by atoms with E-state index in [0.29, 0.717) is 26.2 Å². The van der Waals surface area contributed by atoms with E-state index in [9.17, 15) is 8.42 Å². The zero-order valence-corrected chi connectivity index (χ0v) is 17.1. The summed E-state index contributed by atoms with van der Waals surface area (Å²) in [7, 11) is -3.36. The van der Waals surface area contributed by atoms with Crippen LogP contribution in [0.15, 0.2) is 0 Å². The minimum Gasteiger partial charge on any atom is -0.327 e. The molecule has 0 saturated heterocycles. The standard InChI is InChI=1S/C18H38O5S/c1-6-11-12-13-14-15-16-17(24(19,20)10-5)18(21-7-2,22-8-3)23-9-4/h17H,6-16H2,1-5H3. The Balaban J connectivity index is 5.17. The molecule has 1 atom stereocenters. The molecular weight excluding hydrogens is 328 g/mol. The van der Waals surface area contributed by atoms with Gasteiger partial charge in [-0.25, -0.2) is 8.42 Å². The van der Waals surface area contributed by atoms with E-state index in [0.717, 1.165) is 19.3 Å². The summed E-state index contributed by atoms with van der Waals surface area (Å²) in [5.74, 6) is -1.43. The first kappa shape index (κ1) is 23.8. The summed E-state index contributed by atoms with van der Waals surface area (Å²) in [5.41, 5.74) is 0. The lowest BCUT2D eigenvalue weighted by molar-refractivity contribution is -0.377. The van der Waals surface area contributed by atoms with Gasteiger partial charge in [0.2, 0.25) is 0 Å². The molecule has 1 unspecified atom stereocenters. The van der Waals surface area contributed by atoms with Crippen LogP contribution in [0, 0.1) is 0 Å². The Morgan fingerprint density at radius 3 is 1.62 bits per heavy atom. The van der Waals surface area contributed by atoms with Crippen LogP contribution < -0.4 is 0 Å². The van der Waals surface area contributed by atoms with E-state index in [1.807, 2.05) is 20.8 Å². The van der Waals surface area contributed by atoms with E-state index in [1.165, 1.54) is 19.3 Å². The average Bonchev–Trinajstić information content (AvgIpc) is 2.54. The van der Waals surface area contributed by atoms with Gasteiger partial charge in [0.25, 0.3) is 0 Å². The summed E-state index contributed by atoms with van der Waals surface area (Å²) in [6.07, 6.45) is 7.14. The predicted octanol–water partition coefficient (Wildman–Crippen LogP) is 4.30. The fraction of sp³-hybridized carbons (Fsp3) is 1.00. The second-order valence-corrected chi connectivity index (χ2v) is 8.37. The van der Waals surface area contributed by atoms with E-state index >= 15 is 0 Å². The molecule has 0 fully saturated rings. The molecule has 0 heterocycles. The van der Waals surface area contributed by atoms with Crippen molar-refractivity contribution in [3.8, 4) is 0 Å². The second-order valence-electron chi connectivity index (χ2n) is 5.90. The highest BCUT2D eigenvalue weighted by Crippen LogP contribution is 2.31. The van der Waals surface area contributed by atoms with Crippen molar-refractivity contribution in [1.82, 2.24) is 0 Å². The third-order valence-electron chi connectivity index (χ3n) is 4.09. The van der Waals surface area contributed by atoms with Gasteiger partial charge in [-0.2, -0.15) is 0 Å². The summed E-state index contributed by atoms with van der Waals surface area (Å²) in [4.78, 5) is 0. The molecule has 0 spiro atoms. The molecule has 24 heavy (non-hydrogen) atoms. The molecule has 0 aliphatic rings. The molecule has 0 aromatic carbocycles.